The summed E-state index contributed by atoms with van der Waals surface area (Å²) in [4.78, 5) is 12.9. The SMILES string of the molecule is COc1cc(OC)c(OC)c(C(=O)C(Br)=Cc2ccc(OC)c(N)c2)c1. The van der Waals surface area contributed by atoms with E-state index in [0.717, 1.165) is 5.56 Å². The van der Waals surface area contributed by atoms with E-state index in [-0.39, 0.29) is 5.78 Å². The first-order valence-electron chi connectivity index (χ1n) is 7.60. The molecule has 0 aliphatic rings. The minimum atomic E-state index is -0.284. The number of ketones is 1. The summed E-state index contributed by atoms with van der Waals surface area (Å²) in [6.07, 6.45) is 1.67. The average molecular weight is 422 g/mol. The summed E-state index contributed by atoms with van der Waals surface area (Å²) in [5.41, 5.74) is 7.45. The number of halogens is 1. The van der Waals surface area contributed by atoms with Crippen molar-refractivity contribution in [3.63, 3.8) is 0 Å². The molecule has 0 atom stereocenters. The Balaban J connectivity index is 2.45. The zero-order valence-electron chi connectivity index (χ0n) is 15.0. The van der Waals surface area contributed by atoms with E-state index in [1.165, 1.54) is 21.3 Å². The number of anilines is 1. The van der Waals surface area contributed by atoms with Crippen molar-refractivity contribution < 1.29 is 23.7 Å². The first-order valence-corrected chi connectivity index (χ1v) is 8.39. The summed E-state index contributed by atoms with van der Waals surface area (Å²) in [7, 11) is 6.03. The topological polar surface area (TPSA) is 80.0 Å². The Morgan fingerprint density at radius 1 is 0.962 bits per heavy atom. The minimum Gasteiger partial charge on any atom is -0.497 e. The second kappa shape index (κ2) is 8.62. The van der Waals surface area contributed by atoms with Crippen LogP contribution in [0.4, 0.5) is 5.69 Å². The summed E-state index contributed by atoms with van der Waals surface area (Å²) < 4.78 is 21.3. The van der Waals surface area contributed by atoms with Gasteiger partial charge in [-0.25, -0.2) is 0 Å². The number of carbonyl (C=O) groups excluding carboxylic acids is 1. The fraction of sp³-hybridized carbons (Fsp3) is 0.211. The maximum absolute atomic E-state index is 12.9. The first kappa shape index (κ1) is 19.7. The Kier molecular flexibility index (Phi) is 6.52. The van der Waals surface area contributed by atoms with Gasteiger partial charge in [0.2, 0.25) is 5.78 Å². The number of carbonyl (C=O) groups is 1. The van der Waals surface area contributed by atoms with Crippen LogP contribution in [0.1, 0.15) is 15.9 Å². The van der Waals surface area contributed by atoms with Crippen molar-refractivity contribution in [2.24, 2.45) is 0 Å². The molecule has 0 unspecified atom stereocenters. The van der Waals surface area contributed by atoms with Gasteiger partial charge in [0.25, 0.3) is 0 Å². The molecule has 0 radical (unpaired) electrons. The number of methoxy groups -OCH3 is 4. The van der Waals surface area contributed by atoms with Gasteiger partial charge >= 0.3 is 0 Å². The molecule has 0 aliphatic carbocycles. The van der Waals surface area contributed by atoms with E-state index in [0.29, 0.717) is 38.7 Å². The Morgan fingerprint density at radius 2 is 1.65 bits per heavy atom. The lowest BCUT2D eigenvalue weighted by atomic mass is 10.1. The average Bonchev–Trinajstić information content (AvgIpc) is 2.66. The molecule has 26 heavy (non-hydrogen) atoms. The summed E-state index contributed by atoms with van der Waals surface area (Å²) in [6.45, 7) is 0. The number of nitrogens with two attached hydrogens (primary N) is 1. The smallest absolute Gasteiger partial charge is 0.203 e. The van der Waals surface area contributed by atoms with Crippen LogP contribution in [0.15, 0.2) is 34.8 Å². The predicted molar refractivity (Wildman–Crippen MR) is 105 cm³/mol. The van der Waals surface area contributed by atoms with Crippen molar-refractivity contribution in [2.45, 2.75) is 0 Å². The lowest BCUT2D eigenvalue weighted by Crippen LogP contribution is -2.05. The molecule has 0 aromatic heterocycles. The van der Waals surface area contributed by atoms with Crippen molar-refractivity contribution >= 4 is 33.5 Å². The highest BCUT2D eigenvalue weighted by atomic mass is 79.9. The number of hydrogen-bond acceptors (Lipinski definition) is 6. The van der Waals surface area contributed by atoms with Gasteiger partial charge in [-0.3, -0.25) is 4.79 Å². The molecule has 2 rings (SSSR count). The van der Waals surface area contributed by atoms with Crippen molar-refractivity contribution in [2.75, 3.05) is 34.2 Å². The van der Waals surface area contributed by atoms with Gasteiger partial charge in [0.1, 0.15) is 11.5 Å². The number of rotatable bonds is 7. The predicted octanol–water partition coefficient (Wildman–Crippen LogP) is 3.92. The minimum absolute atomic E-state index is 0.284. The van der Waals surface area contributed by atoms with E-state index in [9.17, 15) is 4.79 Å². The molecular weight excluding hydrogens is 402 g/mol. The second-order valence-corrected chi connectivity index (χ2v) is 6.09. The van der Waals surface area contributed by atoms with Crippen LogP contribution in [0, 0.1) is 0 Å². The van der Waals surface area contributed by atoms with Gasteiger partial charge in [-0.15, -0.1) is 0 Å². The van der Waals surface area contributed by atoms with E-state index in [1.54, 1.807) is 43.5 Å². The molecule has 0 fully saturated rings. The third kappa shape index (κ3) is 4.11. The Labute approximate surface area is 160 Å². The fourth-order valence-corrected chi connectivity index (χ4v) is 2.89. The zero-order valence-corrected chi connectivity index (χ0v) is 16.5. The Bertz CT molecular complexity index is 848. The van der Waals surface area contributed by atoms with E-state index >= 15 is 0 Å². The van der Waals surface area contributed by atoms with Crippen LogP contribution in [0.3, 0.4) is 0 Å². The Hall–Kier alpha value is -2.67. The zero-order chi connectivity index (χ0) is 19.3. The largest absolute Gasteiger partial charge is 0.497 e. The maximum atomic E-state index is 12.9. The number of benzene rings is 2. The standard InChI is InChI=1S/C19H20BrNO5/c1-23-12-9-13(19(26-4)17(10-12)25-3)18(22)14(20)7-11-5-6-16(24-2)15(21)8-11/h5-10H,21H2,1-4H3. The van der Waals surface area contributed by atoms with Gasteiger partial charge in [-0.05, 0) is 45.8 Å². The molecule has 0 aliphatic heterocycles. The van der Waals surface area contributed by atoms with Crippen LogP contribution in [0.2, 0.25) is 0 Å². The molecule has 2 N–H and O–H groups in total. The van der Waals surface area contributed by atoms with Crippen LogP contribution < -0.4 is 24.7 Å². The van der Waals surface area contributed by atoms with Crippen molar-refractivity contribution in [3.8, 4) is 23.0 Å². The van der Waals surface area contributed by atoms with E-state index in [2.05, 4.69) is 15.9 Å². The third-order valence-corrected chi connectivity index (χ3v) is 4.29. The fourth-order valence-electron chi connectivity index (χ4n) is 2.41. The summed E-state index contributed by atoms with van der Waals surface area (Å²) >= 11 is 3.34. The second-order valence-electron chi connectivity index (χ2n) is 5.23. The quantitative estimate of drug-likeness (QED) is 0.414. The monoisotopic (exact) mass is 421 g/mol. The van der Waals surface area contributed by atoms with Crippen molar-refractivity contribution in [1.82, 2.24) is 0 Å². The molecule has 0 heterocycles. The van der Waals surface area contributed by atoms with Gasteiger partial charge in [0.05, 0.1) is 44.2 Å². The van der Waals surface area contributed by atoms with Crippen LogP contribution in [-0.2, 0) is 0 Å². The molecule has 0 saturated carbocycles. The van der Waals surface area contributed by atoms with Crippen LogP contribution in [-0.4, -0.2) is 34.2 Å². The maximum Gasteiger partial charge on any atom is 0.203 e. The van der Waals surface area contributed by atoms with Crippen molar-refractivity contribution in [3.05, 3.63) is 45.9 Å². The summed E-state index contributed by atoms with van der Waals surface area (Å²) in [5, 5.41) is 0. The van der Waals surface area contributed by atoms with E-state index < -0.39 is 0 Å². The number of Topliss-reactive ketones (excluding diaryl/α,β-unsaturated/α-hetero) is 1. The third-order valence-electron chi connectivity index (χ3n) is 3.70. The van der Waals surface area contributed by atoms with Gasteiger partial charge < -0.3 is 24.7 Å². The van der Waals surface area contributed by atoms with Gasteiger partial charge in [-0.2, -0.15) is 0 Å². The molecule has 0 spiro atoms. The van der Waals surface area contributed by atoms with Crippen molar-refractivity contribution in [1.29, 1.82) is 0 Å². The molecule has 2 aromatic carbocycles. The molecular formula is C19H20BrNO5. The highest BCUT2D eigenvalue weighted by Gasteiger charge is 2.21. The van der Waals surface area contributed by atoms with Gasteiger partial charge in [0.15, 0.2) is 11.5 Å². The molecule has 0 bridgehead atoms. The van der Waals surface area contributed by atoms with Crippen LogP contribution in [0.25, 0.3) is 6.08 Å². The molecule has 6 nitrogen and oxygen atoms in total. The van der Waals surface area contributed by atoms with Crippen LogP contribution >= 0.6 is 15.9 Å². The molecule has 0 saturated heterocycles. The first-order chi connectivity index (χ1) is 12.4. The number of allylic oxidation sites excluding steroid dienone is 1. The summed E-state index contributed by atoms with van der Waals surface area (Å²) in [5.74, 6) is 1.51. The summed E-state index contributed by atoms with van der Waals surface area (Å²) in [6, 6.07) is 8.50. The normalized spacial score (nSPS) is 11.0. The highest BCUT2D eigenvalue weighted by molar-refractivity contribution is 9.12. The number of nitrogen functional groups attached to an aromatic ring is 1. The highest BCUT2D eigenvalue weighted by Crippen LogP contribution is 2.37. The molecule has 138 valence electrons. The lowest BCUT2D eigenvalue weighted by molar-refractivity contribution is 0.104. The van der Waals surface area contributed by atoms with Gasteiger partial charge in [0, 0.05) is 6.07 Å². The van der Waals surface area contributed by atoms with E-state index in [1.807, 2.05) is 0 Å². The molecule has 2 aromatic rings. The van der Waals surface area contributed by atoms with Crippen LogP contribution in [0.5, 0.6) is 23.0 Å². The number of hydrogen-bond donors (Lipinski definition) is 1. The number of ether oxygens (including phenoxy) is 4. The lowest BCUT2D eigenvalue weighted by Gasteiger charge is -2.14. The molecule has 7 heteroatoms. The molecule has 0 amide bonds. The van der Waals surface area contributed by atoms with Gasteiger partial charge in [-0.1, -0.05) is 6.07 Å². The Morgan fingerprint density at radius 3 is 2.19 bits per heavy atom. The van der Waals surface area contributed by atoms with E-state index in [4.69, 9.17) is 24.7 Å².